The first kappa shape index (κ1) is 10.7. The van der Waals surface area contributed by atoms with Crippen molar-refractivity contribution in [2.75, 3.05) is 0 Å². The van der Waals surface area contributed by atoms with Crippen molar-refractivity contribution in [1.29, 1.82) is 0 Å². The number of rotatable bonds is 1. The molecule has 0 spiro atoms. The fourth-order valence-electron chi connectivity index (χ4n) is 1.67. The minimum absolute atomic E-state index is 0.108. The zero-order valence-corrected chi connectivity index (χ0v) is 9.56. The largest absolute Gasteiger partial charge is 0.478 e. The summed E-state index contributed by atoms with van der Waals surface area (Å²) in [6.45, 7) is 6.15. The first-order valence-corrected chi connectivity index (χ1v) is 5.10. The molecule has 0 radical (unpaired) electrons. The predicted octanol–water partition coefficient (Wildman–Crippen LogP) is 2.33. The molecular formula is C12H14N2O2. The molecule has 0 bridgehead atoms. The number of aromatic nitrogens is 2. The average Bonchev–Trinajstić information content (AvgIpc) is 2.58. The minimum atomic E-state index is -0.921. The van der Waals surface area contributed by atoms with Gasteiger partial charge in [-0.15, -0.1) is 0 Å². The van der Waals surface area contributed by atoms with Crippen LogP contribution >= 0.6 is 0 Å². The van der Waals surface area contributed by atoms with E-state index in [-0.39, 0.29) is 11.0 Å². The summed E-state index contributed by atoms with van der Waals surface area (Å²) in [5, 5.41) is 8.94. The number of fused-ring (bicyclic) bond motifs is 1. The van der Waals surface area contributed by atoms with Crippen molar-refractivity contribution < 1.29 is 9.90 Å². The lowest BCUT2D eigenvalue weighted by Gasteiger charge is -2.16. The smallest absolute Gasteiger partial charge is 0.337 e. The van der Waals surface area contributed by atoms with Crippen molar-refractivity contribution in [3.63, 3.8) is 0 Å². The maximum Gasteiger partial charge on any atom is 0.337 e. The van der Waals surface area contributed by atoms with E-state index in [0.717, 1.165) is 11.3 Å². The fourth-order valence-corrected chi connectivity index (χ4v) is 1.67. The Bertz CT molecular complexity index is 550. The molecule has 0 unspecified atom stereocenters. The molecule has 4 heteroatoms. The lowest BCUT2D eigenvalue weighted by molar-refractivity contribution is 0.0696. The molecule has 0 aliphatic heterocycles. The molecule has 2 rings (SSSR count). The molecule has 0 saturated heterocycles. The summed E-state index contributed by atoms with van der Waals surface area (Å²) in [5.74, 6) is -0.0546. The minimum Gasteiger partial charge on any atom is -0.478 e. The Balaban J connectivity index is 2.70. The van der Waals surface area contributed by atoms with Gasteiger partial charge in [0.1, 0.15) is 5.82 Å². The molecular weight excluding hydrogens is 204 g/mol. The van der Waals surface area contributed by atoms with Crippen LogP contribution in [0.2, 0.25) is 0 Å². The van der Waals surface area contributed by atoms with Gasteiger partial charge in [-0.3, -0.25) is 0 Å². The van der Waals surface area contributed by atoms with Gasteiger partial charge < -0.3 is 9.51 Å². The van der Waals surface area contributed by atoms with Crippen molar-refractivity contribution in [2.45, 2.75) is 26.2 Å². The van der Waals surface area contributed by atoms with Crippen LogP contribution in [0, 0.1) is 0 Å². The van der Waals surface area contributed by atoms with E-state index in [9.17, 15) is 4.79 Å². The molecule has 84 valence electrons. The third kappa shape index (κ3) is 1.66. The van der Waals surface area contributed by atoms with E-state index in [1.54, 1.807) is 24.5 Å². The van der Waals surface area contributed by atoms with E-state index in [1.807, 2.05) is 4.40 Å². The number of carboxylic acids is 1. The first-order valence-electron chi connectivity index (χ1n) is 5.10. The molecule has 0 fully saturated rings. The number of hydrogen-bond acceptors (Lipinski definition) is 2. The molecule has 0 aliphatic rings. The van der Waals surface area contributed by atoms with Gasteiger partial charge in [-0.25, -0.2) is 9.78 Å². The second kappa shape index (κ2) is 3.33. The van der Waals surface area contributed by atoms with Crippen LogP contribution in [0.5, 0.6) is 0 Å². The van der Waals surface area contributed by atoms with Crippen LogP contribution in [0.4, 0.5) is 0 Å². The summed E-state index contributed by atoms with van der Waals surface area (Å²) < 4.78 is 1.84. The van der Waals surface area contributed by atoms with E-state index in [0.29, 0.717) is 0 Å². The second-order valence-electron chi connectivity index (χ2n) is 4.85. The van der Waals surface area contributed by atoms with E-state index in [4.69, 9.17) is 5.11 Å². The van der Waals surface area contributed by atoms with Crippen LogP contribution in [-0.4, -0.2) is 20.5 Å². The quantitative estimate of drug-likeness (QED) is 0.799. The number of imidazole rings is 1. The molecule has 0 amide bonds. The average molecular weight is 218 g/mol. The molecule has 16 heavy (non-hydrogen) atoms. The number of carbonyl (C=O) groups is 1. The number of nitrogens with zero attached hydrogens (tertiary/aromatic N) is 2. The zero-order chi connectivity index (χ0) is 11.9. The molecule has 0 saturated carbocycles. The van der Waals surface area contributed by atoms with Crippen LogP contribution < -0.4 is 0 Å². The van der Waals surface area contributed by atoms with Crippen molar-refractivity contribution >= 4 is 11.5 Å². The Labute approximate surface area is 93.5 Å². The SMILES string of the molecule is CC(C)(C)c1ncc2ccc(C(=O)O)cn12. The summed E-state index contributed by atoms with van der Waals surface area (Å²) in [7, 11) is 0. The number of carboxylic acid groups (broad SMARTS) is 1. The highest BCUT2D eigenvalue weighted by Crippen LogP contribution is 2.22. The number of pyridine rings is 1. The predicted molar refractivity (Wildman–Crippen MR) is 60.9 cm³/mol. The van der Waals surface area contributed by atoms with Gasteiger partial charge in [0.15, 0.2) is 0 Å². The van der Waals surface area contributed by atoms with Gasteiger partial charge in [-0.05, 0) is 12.1 Å². The van der Waals surface area contributed by atoms with Gasteiger partial charge in [-0.1, -0.05) is 20.8 Å². The maximum absolute atomic E-state index is 10.9. The molecule has 0 aromatic carbocycles. The van der Waals surface area contributed by atoms with Crippen molar-refractivity contribution in [3.8, 4) is 0 Å². The second-order valence-corrected chi connectivity index (χ2v) is 4.85. The van der Waals surface area contributed by atoms with Crippen molar-refractivity contribution in [1.82, 2.24) is 9.38 Å². The third-order valence-electron chi connectivity index (χ3n) is 2.45. The van der Waals surface area contributed by atoms with E-state index < -0.39 is 5.97 Å². The van der Waals surface area contributed by atoms with Crippen molar-refractivity contribution in [2.24, 2.45) is 0 Å². The van der Waals surface area contributed by atoms with E-state index >= 15 is 0 Å². The molecule has 2 aromatic rings. The van der Waals surface area contributed by atoms with Crippen LogP contribution in [0.15, 0.2) is 24.5 Å². The summed E-state index contributed by atoms with van der Waals surface area (Å²) in [5.41, 5.74) is 1.08. The third-order valence-corrected chi connectivity index (χ3v) is 2.45. The Hall–Kier alpha value is -1.84. The number of hydrogen-bond donors (Lipinski definition) is 1. The van der Waals surface area contributed by atoms with E-state index in [2.05, 4.69) is 25.8 Å². The summed E-state index contributed by atoms with van der Waals surface area (Å²) >= 11 is 0. The highest BCUT2D eigenvalue weighted by atomic mass is 16.4. The van der Waals surface area contributed by atoms with Crippen LogP contribution in [0.25, 0.3) is 5.52 Å². The van der Waals surface area contributed by atoms with Crippen LogP contribution in [0.1, 0.15) is 37.0 Å². The Kier molecular flexibility index (Phi) is 2.22. The Morgan fingerprint density at radius 1 is 1.38 bits per heavy atom. The Morgan fingerprint density at radius 3 is 2.62 bits per heavy atom. The fraction of sp³-hybridized carbons (Fsp3) is 0.333. The maximum atomic E-state index is 10.9. The van der Waals surface area contributed by atoms with E-state index in [1.165, 1.54) is 0 Å². The summed E-state index contributed by atoms with van der Waals surface area (Å²) in [6.07, 6.45) is 3.37. The molecule has 2 aromatic heterocycles. The van der Waals surface area contributed by atoms with Gasteiger partial charge in [0.25, 0.3) is 0 Å². The lowest BCUT2D eigenvalue weighted by Crippen LogP contribution is -2.16. The Morgan fingerprint density at radius 2 is 2.06 bits per heavy atom. The van der Waals surface area contributed by atoms with Gasteiger partial charge >= 0.3 is 5.97 Å². The van der Waals surface area contributed by atoms with Crippen molar-refractivity contribution in [3.05, 3.63) is 35.9 Å². The molecule has 1 N–H and O–H groups in total. The topological polar surface area (TPSA) is 54.6 Å². The monoisotopic (exact) mass is 218 g/mol. The lowest BCUT2D eigenvalue weighted by atomic mass is 9.96. The van der Waals surface area contributed by atoms with Gasteiger partial charge in [0.2, 0.25) is 0 Å². The zero-order valence-electron chi connectivity index (χ0n) is 9.56. The number of aromatic carboxylic acids is 1. The molecule has 0 atom stereocenters. The van der Waals surface area contributed by atoms with Crippen LogP contribution in [-0.2, 0) is 5.41 Å². The molecule has 0 aliphatic carbocycles. The highest BCUT2D eigenvalue weighted by Gasteiger charge is 2.20. The van der Waals surface area contributed by atoms with Crippen LogP contribution in [0.3, 0.4) is 0 Å². The highest BCUT2D eigenvalue weighted by molar-refractivity contribution is 5.87. The van der Waals surface area contributed by atoms with Gasteiger partial charge in [-0.2, -0.15) is 0 Å². The van der Waals surface area contributed by atoms with Gasteiger partial charge in [0, 0.05) is 11.6 Å². The normalized spacial score (nSPS) is 11.9. The molecule has 4 nitrogen and oxygen atoms in total. The summed E-state index contributed by atoms with van der Waals surface area (Å²) in [6, 6.07) is 3.36. The summed E-state index contributed by atoms with van der Waals surface area (Å²) in [4.78, 5) is 15.2. The first-order chi connectivity index (χ1) is 7.39. The molecule has 2 heterocycles. The standard InChI is InChI=1S/C12H14N2O2/c1-12(2,3)11-13-6-9-5-4-8(10(15)16)7-14(9)11/h4-7H,1-3H3,(H,15,16). The van der Waals surface area contributed by atoms with Gasteiger partial charge in [0.05, 0.1) is 17.3 Å².